The van der Waals surface area contributed by atoms with Gasteiger partial charge in [0.1, 0.15) is 6.29 Å². The smallest absolute Gasteiger partial charge is 0.119 e. The van der Waals surface area contributed by atoms with Crippen molar-refractivity contribution in [2.24, 2.45) is 5.92 Å². The van der Waals surface area contributed by atoms with Gasteiger partial charge in [-0.3, -0.25) is 0 Å². The number of aryl methyl sites for hydroxylation is 2. The summed E-state index contributed by atoms with van der Waals surface area (Å²) in [6, 6.07) is 12.4. The lowest BCUT2D eigenvalue weighted by atomic mass is 9.97. The molecular weight excluding hydrogens is 513 g/mol. The van der Waals surface area contributed by atoms with E-state index >= 15 is 0 Å². The summed E-state index contributed by atoms with van der Waals surface area (Å²) in [5.74, 6) is 0.580. The van der Waals surface area contributed by atoms with Crippen molar-refractivity contribution in [3.63, 3.8) is 0 Å². The van der Waals surface area contributed by atoms with Crippen LogP contribution in [0.4, 0.5) is 0 Å². The number of likely N-dealkylation sites (tertiary alicyclic amines) is 1. The van der Waals surface area contributed by atoms with Crippen molar-refractivity contribution in [1.82, 2.24) is 4.90 Å². The maximum Gasteiger partial charge on any atom is 0.119 e. The van der Waals surface area contributed by atoms with Crippen LogP contribution < -0.4 is 0 Å². The molecule has 3 rings (SSSR count). The first kappa shape index (κ1) is 34.6. The number of hydrogen-bond acceptors (Lipinski definition) is 3. The van der Waals surface area contributed by atoms with E-state index in [9.17, 15) is 4.79 Å². The van der Waals surface area contributed by atoms with Gasteiger partial charge < -0.3 is 14.4 Å². The molecule has 0 saturated carbocycles. The number of ether oxygens (including phenoxy) is 1. The third-order valence-corrected chi connectivity index (χ3v) is 7.43. The average Bonchev–Trinajstić information content (AvgIpc) is 3.42. The Morgan fingerprint density at radius 3 is 2.24 bits per heavy atom. The van der Waals surface area contributed by atoms with Gasteiger partial charge in [0.15, 0.2) is 0 Å². The summed E-state index contributed by atoms with van der Waals surface area (Å²) >= 11 is 12.3. The molecule has 2 unspecified atom stereocenters. The lowest BCUT2D eigenvalue weighted by Gasteiger charge is -2.25. The lowest BCUT2D eigenvalue weighted by molar-refractivity contribution is -0.107. The highest BCUT2D eigenvalue weighted by atomic mass is 35.5. The molecule has 3 nitrogen and oxygen atoms in total. The highest BCUT2D eigenvalue weighted by molar-refractivity contribution is 6.31. The summed E-state index contributed by atoms with van der Waals surface area (Å²) in [5, 5.41) is 1.77. The summed E-state index contributed by atoms with van der Waals surface area (Å²) in [6.07, 6.45) is 9.63. The van der Waals surface area contributed by atoms with Crippen LogP contribution in [-0.2, 0) is 22.4 Å². The van der Waals surface area contributed by atoms with Crippen LogP contribution in [0.2, 0.25) is 10.0 Å². The molecular formula is C33H51Cl2NO2. The first-order chi connectivity index (χ1) is 18.3. The second kappa shape index (κ2) is 20.5. The van der Waals surface area contributed by atoms with Crippen LogP contribution in [0.5, 0.6) is 0 Å². The van der Waals surface area contributed by atoms with Crippen LogP contribution in [-0.4, -0.2) is 37.4 Å². The molecule has 0 aliphatic carbocycles. The Balaban J connectivity index is 0.000000395. The van der Waals surface area contributed by atoms with Gasteiger partial charge in [-0.25, -0.2) is 0 Å². The quantitative estimate of drug-likeness (QED) is 0.240. The molecule has 0 radical (unpaired) electrons. The highest BCUT2D eigenvalue weighted by Gasteiger charge is 2.19. The molecule has 0 amide bonds. The maximum atomic E-state index is 9.40. The van der Waals surface area contributed by atoms with Crippen molar-refractivity contribution in [1.29, 1.82) is 0 Å². The van der Waals surface area contributed by atoms with Crippen molar-refractivity contribution < 1.29 is 9.53 Å². The van der Waals surface area contributed by atoms with Gasteiger partial charge in [0.05, 0.1) is 12.7 Å². The minimum Gasteiger partial charge on any atom is -0.373 e. The fraction of sp³-hybridized carbons (Fsp3) is 0.606. The SMILES string of the molecule is CCCC=O.CCCc1c(Cl)cccc1C(CC)OCC(C)CN1CCCC1.CCc1cc(C)ccc1Cl. The molecule has 214 valence electrons. The number of carbonyl (C=O) groups is 1. The summed E-state index contributed by atoms with van der Waals surface area (Å²) < 4.78 is 6.31. The monoisotopic (exact) mass is 563 g/mol. The summed E-state index contributed by atoms with van der Waals surface area (Å²) in [5.41, 5.74) is 5.08. The Kier molecular flexibility index (Phi) is 18.7. The fourth-order valence-corrected chi connectivity index (χ4v) is 5.18. The van der Waals surface area contributed by atoms with E-state index in [1.165, 1.54) is 48.2 Å². The Morgan fingerprint density at radius 2 is 1.71 bits per heavy atom. The molecule has 1 saturated heterocycles. The highest BCUT2D eigenvalue weighted by Crippen LogP contribution is 2.31. The van der Waals surface area contributed by atoms with Crippen molar-refractivity contribution >= 4 is 29.5 Å². The molecule has 0 bridgehead atoms. The molecule has 38 heavy (non-hydrogen) atoms. The molecule has 5 heteroatoms. The minimum atomic E-state index is 0.163. The number of hydrogen-bond donors (Lipinski definition) is 0. The Morgan fingerprint density at radius 1 is 1.00 bits per heavy atom. The number of nitrogens with zero attached hydrogens (tertiary/aromatic N) is 1. The lowest BCUT2D eigenvalue weighted by Crippen LogP contribution is -2.28. The van der Waals surface area contributed by atoms with Crippen LogP contribution in [0.25, 0.3) is 0 Å². The van der Waals surface area contributed by atoms with Crippen LogP contribution in [0.3, 0.4) is 0 Å². The van der Waals surface area contributed by atoms with Gasteiger partial charge in [-0.1, -0.05) is 94.1 Å². The number of carbonyl (C=O) groups excluding carboxylic acids is 1. The zero-order valence-corrected chi connectivity index (χ0v) is 26.2. The molecule has 2 aromatic carbocycles. The van der Waals surface area contributed by atoms with Crippen molar-refractivity contribution in [3.8, 4) is 0 Å². The minimum absolute atomic E-state index is 0.163. The first-order valence-electron chi connectivity index (χ1n) is 14.6. The normalized spacial score (nSPS) is 14.6. The van der Waals surface area contributed by atoms with Gasteiger partial charge >= 0.3 is 0 Å². The Labute approximate surface area is 243 Å². The number of unbranched alkanes of at least 4 members (excludes halogenated alkanes) is 1. The van der Waals surface area contributed by atoms with Crippen molar-refractivity contribution in [3.05, 3.63) is 68.7 Å². The van der Waals surface area contributed by atoms with Crippen LogP contribution in [0.15, 0.2) is 36.4 Å². The molecule has 1 aliphatic heterocycles. The molecule has 2 aromatic rings. The third-order valence-electron chi connectivity index (χ3n) is 6.71. The van der Waals surface area contributed by atoms with E-state index in [0.29, 0.717) is 12.3 Å². The van der Waals surface area contributed by atoms with E-state index in [2.05, 4.69) is 57.7 Å². The average molecular weight is 565 g/mol. The molecule has 0 spiro atoms. The van der Waals surface area contributed by atoms with E-state index in [1.54, 1.807) is 0 Å². The topological polar surface area (TPSA) is 29.5 Å². The Hall–Kier alpha value is -1.39. The summed E-state index contributed by atoms with van der Waals surface area (Å²) in [7, 11) is 0. The van der Waals surface area contributed by atoms with Crippen LogP contribution in [0, 0.1) is 12.8 Å². The summed E-state index contributed by atoms with van der Waals surface area (Å²) in [4.78, 5) is 12.0. The van der Waals surface area contributed by atoms with Gasteiger partial charge in [-0.15, -0.1) is 0 Å². The third kappa shape index (κ3) is 13.1. The van der Waals surface area contributed by atoms with E-state index in [0.717, 1.165) is 61.6 Å². The van der Waals surface area contributed by atoms with E-state index < -0.39 is 0 Å². The number of halogens is 2. The van der Waals surface area contributed by atoms with Crippen LogP contribution >= 0.6 is 23.2 Å². The van der Waals surface area contributed by atoms with Crippen molar-refractivity contribution in [2.45, 2.75) is 99.0 Å². The maximum absolute atomic E-state index is 9.40. The molecule has 1 fully saturated rings. The predicted octanol–water partition coefficient (Wildman–Crippen LogP) is 9.69. The van der Waals surface area contributed by atoms with Crippen molar-refractivity contribution in [2.75, 3.05) is 26.2 Å². The van der Waals surface area contributed by atoms with Gasteiger partial charge in [0, 0.05) is 23.0 Å². The van der Waals surface area contributed by atoms with Gasteiger partial charge in [-0.2, -0.15) is 0 Å². The fourth-order valence-electron chi connectivity index (χ4n) is 4.65. The standard InChI is InChI=1S/C20H32ClNO.C9H11Cl.C4H8O/c1-4-9-17-18(10-8-11-19(17)21)20(5-2)23-15-16(3)14-22-12-6-7-13-22;1-3-8-6-7(2)4-5-9(8)10;1-2-3-4-5/h8,10-11,16,20H,4-7,9,12-15H2,1-3H3;4-6H,3H2,1-2H3;4H,2-3H2,1H3. The van der Waals surface area contributed by atoms with E-state index in [-0.39, 0.29) is 6.10 Å². The largest absolute Gasteiger partial charge is 0.373 e. The molecule has 2 atom stereocenters. The number of benzene rings is 2. The summed E-state index contributed by atoms with van der Waals surface area (Å²) in [6.45, 7) is 17.4. The number of aldehydes is 1. The molecule has 1 heterocycles. The number of rotatable bonds is 12. The second-order valence-corrected chi connectivity index (χ2v) is 11.1. The zero-order chi connectivity index (χ0) is 28.3. The van der Waals surface area contributed by atoms with Crippen LogP contribution in [0.1, 0.15) is 102 Å². The predicted molar refractivity (Wildman–Crippen MR) is 166 cm³/mol. The van der Waals surface area contributed by atoms with E-state index in [4.69, 9.17) is 27.9 Å². The first-order valence-corrected chi connectivity index (χ1v) is 15.4. The van der Waals surface area contributed by atoms with Gasteiger partial charge in [0.25, 0.3) is 0 Å². The molecule has 0 aromatic heterocycles. The second-order valence-electron chi connectivity index (χ2n) is 10.3. The van der Waals surface area contributed by atoms with E-state index in [1.807, 2.05) is 25.1 Å². The molecule has 0 N–H and O–H groups in total. The zero-order valence-electron chi connectivity index (χ0n) is 24.7. The van der Waals surface area contributed by atoms with Gasteiger partial charge in [-0.05, 0) is 93.3 Å². The Bertz CT molecular complexity index is 912. The van der Waals surface area contributed by atoms with Gasteiger partial charge in [0.2, 0.25) is 0 Å². The molecule has 1 aliphatic rings.